The van der Waals surface area contributed by atoms with Gasteiger partial charge in [-0.15, -0.1) is 11.3 Å². The van der Waals surface area contributed by atoms with E-state index in [1.165, 1.54) is 11.3 Å². The predicted octanol–water partition coefficient (Wildman–Crippen LogP) is 1.44. The second-order valence-corrected chi connectivity index (χ2v) is 5.62. The van der Waals surface area contributed by atoms with Crippen molar-refractivity contribution in [2.45, 2.75) is 26.7 Å². The van der Waals surface area contributed by atoms with Crippen molar-refractivity contribution in [3.8, 4) is 0 Å². The van der Waals surface area contributed by atoms with Gasteiger partial charge in [-0.3, -0.25) is 9.59 Å². The van der Waals surface area contributed by atoms with Crippen molar-refractivity contribution in [1.29, 1.82) is 0 Å². The molecule has 2 rings (SSSR count). The number of thiophene rings is 1. The minimum absolute atomic E-state index is 0.217. The molecule has 1 aromatic heterocycles. The molecular weight excluding hydrogens is 294 g/mol. The van der Waals surface area contributed by atoms with Crippen LogP contribution in [0.5, 0.6) is 0 Å². The Morgan fingerprint density at radius 1 is 1.48 bits per heavy atom. The maximum absolute atomic E-state index is 12.1. The van der Waals surface area contributed by atoms with Crippen LogP contribution in [0.3, 0.4) is 0 Å². The lowest BCUT2D eigenvalue weighted by molar-refractivity contribution is -0.121. The van der Waals surface area contributed by atoms with Gasteiger partial charge in [-0.1, -0.05) is 0 Å². The van der Waals surface area contributed by atoms with Crippen LogP contribution in [0.2, 0.25) is 0 Å². The van der Waals surface area contributed by atoms with Gasteiger partial charge in [-0.25, -0.2) is 10.2 Å². The van der Waals surface area contributed by atoms with E-state index in [-0.39, 0.29) is 31.1 Å². The molecule has 0 fully saturated rings. The summed E-state index contributed by atoms with van der Waals surface area (Å²) in [4.78, 5) is 35.8. The fraction of sp³-hybridized carbons (Fsp3) is 0.385. The number of esters is 1. The van der Waals surface area contributed by atoms with Crippen LogP contribution in [0, 0.1) is 6.92 Å². The van der Waals surface area contributed by atoms with Gasteiger partial charge in [-0.2, -0.15) is 5.10 Å². The smallest absolute Gasteiger partial charge is 0.341 e. The number of nitrogens with one attached hydrogen (secondary N) is 2. The van der Waals surface area contributed by atoms with Crippen molar-refractivity contribution in [2.75, 3.05) is 11.9 Å². The number of ether oxygens (including phenoxy) is 1. The standard InChI is InChI=1S/C13H15N3O4S/c1-3-20-13(19)8-6-7(2)21-12(8)14-11(18)9-4-5-10(17)16-15-9/h6H,3-5H2,1-2H3,(H,14,18)(H,16,17). The number of carbonyl (C=O) groups excluding carboxylic acids is 3. The van der Waals surface area contributed by atoms with Gasteiger partial charge in [0.15, 0.2) is 0 Å². The minimum atomic E-state index is -0.476. The van der Waals surface area contributed by atoms with E-state index in [0.717, 1.165) is 4.88 Å². The number of carbonyl (C=O) groups is 3. The molecule has 0 aromatic carbocycles. The van der Waals surface area contributed by atoms with E-state index >= 15 is 0 Å². The number of rotatable bonds is 4. The molecule has 0 unspecified atom stereocenters. The summed E-state index contributed by atoms with van der Waals surface area (Å²) in [5.74, 6) is -1.12. The summed E-state index contributed by atoms with van der Waals surface area (Å²) < 4.78 is 4.95. The molecular formula is C13H15N3O4S. The number of amides is 2. The molecule has 8 heteroatoms. The molecule has 2 heterocycles. The van der Waals surface area contributed by atoms with E-state index in [0.29, 0.717) is 10.6 Å². The molecule has 0 aliphatic carbocycles. The van der Waals surface area contributed by atoms with Crippen LogP contribution in [0.4, 0.5) is 5.00 Å². The van der Waals surface area contributed by atoms with Crippen LogP contribution in [0.15, 0.2) is 11.2 Å². The summed E-state index contributed by atoms with van der Waals surface area (Å²) in [6.45, 7) is 3.82. The van der Waals surface area contributed by atoms with Crippen molar-refractivity contribution < 1.29 is 19.1 Å². The molecule has 0 atom stereocenters. The molecule has 21 heavy (non-hydrogen) atoms. The van der Waals surface area contributed by atoms with Crippen molar-refractivity contribution in [3.05, 3.63) is 16.5 Å². The zero-order chi connectivity index (χ0) is 15.4. The van der Waals surface area contributed by atoms with E-state index in [1.807, 2.05) is 6.92 Å². The number of anilines is 1. The molecule has 112 valence electrons. The van der Waals surface area contributed by atoms with Crippen LogP contribution >= 0.6 is 11.3 Å². The largest absolute Gasteiger partial charge is 0.462 e. The number of hydrogen-bond acceptors (Lipinski definition) is 6. The van der Waals surface area contributed by atoms with Gasteiger partial charge in [-0.05, 0) is 19.9 Å². The predicted molar refractivity (Wildman–Crippen MR) is 78.5 cm³/mol. The van der Waals surface area contributed by atoms with Gasteiger partial charge in [0.05, 0.1) is 12.2 Å². The second kappa shape index (κ2) is 6.49. The third kappa shape index (κ3) is 3.66. The molecule has 0 saturated carbocycles. The van der Waals surface area contributed by atoms with Crippen molar-refractivity contribution >= 4 is 39.8 Å². The Balaban J connectivity index is 2.14. The summed E-state index contributed by atoms with van der Waals surface area (Å²) >= 11 is 1.29. The zero-order valence-electron chi connectivity index (χ0n) is 11.7. The molecule has 7 nitrogen and oxygen atoms in total. The summed E-state index contributed by atoms with van der Waals surface area (Å²) in [6, 6.07) is 1.67. The quantitative estimate of drug-likeness (QED) is 0.822. The average molecular weight is 309 g/mol. The zero-order valence-corrected chi connectivity index (χ0v) is 12.5. The van der Waals surface area contributed by atoms with Gasteiger partial charge < -0.3 is 10.1 Å². The fourth-order valence-electron chi connectivity index (χ4n) is 1.78. The average Bonchev–Trinajstić information content (AvgIpc) is 2.80. The lowest BCUT2D eigenvalue weighted by atomic mass is 10.1. The SMILES string of the molecule is CCOC(=O)c1cc(C)sc1NC(=O)C1=NNC(=O)CC1. The Labute approximate surface area is 125 Å². The normalized spacial score (nSPS) is 14.2. The molecule has 0 radical (unpaired) electrons. The van der Waals surface area contributed by atoms with E-state index in [9.17, 15) is 14.4 Å². The first-order valence-electron chi connectivity index (χ1n) is 6.45. The third-order valence-corrected chi connectivity index (χ3v) is 3.71. The van der Waals surface area contributed by atoms with Crippen LogP contribution in [-0.4, -0.2) is 30.1 Å². The van der Waals surface area contributed by atoms with E-state index in [2.05, 4.69) is 15.8 Å². The number of hydrogen-bond donors (Lipinski definition) is 2. The molecule has 1 aliphatic heterocycles. The van der Waals surface area contributed by atoms with Crippen LogP contribution in [0.25, 0.3) is 0 Å². The first-order valence-corrected chi connectivity index (χ1v) is 7.27. The molecule has 0 bridgehead atoms. The first kappa shape index (κ1) is 15.2. The molecule has 1 aliphatic rings. The lowest BCUT2D eigenvalue weighted by Crippen LogP contribution is -2.32. The van der Waals surface area contributed by atoms with Crippen LogP contribution < -0.4 is 10.7 Å². The first-order chi connectivity index (χ1) is 10.0. The van der Waals surface area contributed by atoms with Gasteiger partial charge in [0.25, 0.3) is 5.91 Å². The highest BCUT2D eigenvalue weighted by molar-refractivity contribution is 7.16. The minimum Gasteiger partial charge on any atom is -0.462 e. The third-order valence-electron chi connectivity index (χ3n) is 2.74. The van der Waals surface area contributed by atoms with Gasteiger partial charge in [0, 0.05) is 17.7 Å². The molecule has 0 spiro atoms. The highest BCUT2D eigenvalue weighted by Gasteiger charge is 2.22. The molecule has 1 aromatic rings. The maximum atomic E-state index is 12.1. The van der Waals surface area contributed by atoms with Gasteiger partial charge >= 0.3 is 5.97 Å². The molecule has 0 saturated heterocycles. The van der Waals surface area contributed by atoms with Crippen molar-refractivity contribution in [2.24, 2.45) is 5.10 Å². The summed E-state index contributed by atoms with van der Waals surface area (Å²) in [6.07, 6.45) is 0.497. The Bertz CT molecular complexity index is 621. The van der Waals surface area contributed by atoms with Crippen LogP contribution in [-0.2, 0) is 14.3 Å². The van der Waals surface area contributed by atoms with Crippen molar-refractivity contribution in [1.82, 2.24) is 5.43 Å². The Morgan fingerprint density at radius 3 is 2.86 bits per heavy atom. The summed E-state index contributed by atoms with van der Waals surface area (Å²) in [7, 11) is 0. The number of nitrogens with zero attached hydrogens (tertiary/aromatic N) is 1. The monoisotopic (exact) mass is 309 g/mol. The van der Waals surface area contributed by atoms with Crippen LogP contribution in [0.1, 0.15) is 35.0 Å². The summed E-state index contributed by atoms with van der Waals surface area (Å²) in [5, 5.41) is 6.80. The Morgan fingerprint density at radius 2 is 2.24 bits per heavy atom. The van der Waals surface area contributed by atoms with Gasteiger partial charge in [0.2, 0.25) is 5.91 Å². The van der Waals surface area contributed by atoms with Gasteiger partial charge in [0.1, 0.15) is 10.7 Å². The topological polar surface area (TPSA) is 96.9 Å². The Kier molecular flexibility index (Phi) is 4.69. The van der Waals surface area contributed by atoms with E-state index in [4.69, 9.17) is 4.74 Å². The highest BCUT2D eigenvalue weighted by Crippen LogP contribution is 2.28. The molecule has 2 N–H and O–H groups in total. The summed E-state index contributed by atoms with van der Waals surface area (Å²) in [5.41, 5.74) is 2.82. The van der Waals surface area contributed by atoms with E-state index in [1.54, 1.807) is 13.0 Å². The molecule has 2 amide bonds. The second-order valence-electron chi connectivity index (χ2n) is 4.37. The maximum Gasteiger partial charge on any atom is 0.341 e. The fourth-order valence-corrected chi connectivity index (χ4v) is 2.68. The number of hydrazone groups is 1. The van der Waals surface area contributed by atoms with E-state index < -0.39 is 11.9 Å². The Hall–Kier alpha value is -2.22. The number of aryl methyl sites for hydroxylation is 1. The highest BCUT2D eigenvalue weighted by atomic mass is 32.1. The lowest BCUT2D eigenvalue weighted by Gasteiger charge is -2.11. The van der Waals surface area contributed by atoms with Crippen molar-refractivity contribution in [3.63, 3.8) is 0 Å².